The lowest BCUT2D eigenvalue weighted by Crippen LogP contribution is -2.22. The predicted molar refractivity (Wildman–Crippen MR) is 136 cm³/mol. The van der Waals surface area contributed by atoms with Crippen molar-refractivity contribution in [2.24, 2.45) is 17.8 Å². The lowest BCUT2D eigenvalue weighted by Gasteiger charge is -2.28. The second-order valence-corrected chi connectivity index (χ2v) is 10.7. The molecule has 0 saturated heterocycles. The van der Waals surface area contributed by atoms with Gasteiger partial charge < -0.3 is 4.74 Å². The van der Waals surface area contributed by atoms with Crippen LogP contribution < -0.4 is 4.74 Å². The Bertz CT molecular complexity index is 1130. The highest BCUT2D eigenvalue weighted by molar-refractivity contribution is 5.34. The fourth-order valence-corrected chi connectivity index (χ4v) is 5.80. The van der Waals surface area contributed by atoms with Gasteiger partial charge in [0.05, 0.1) is 5.56 Å². The summed E-state index contributed by atoms with van der Waals surface area (Å²) in [6, 6.07) is 5.76. The van der Waals surface area contributed by atoms with Gasteiger partial charge in [0.25, 0.3) is 0 Å². The van der Waals surface area contributed by atoms with Crippen LogP contribution in [0.4, 0.5) is 30.7 Å². The number of hydrogen-bond donors (Lipinski definition) is 0. The molecular weight excluding hydrogens is 521 g/mol. The van der Waals surface area contributed by atoms with Crippen molar-refractivity contribution in [3.05, 3.63) is 89.0 Å². The summed E-state index contributed by atoms with van der Waals surface area (Å²) in [6.07, 6.45) is 8.79. The molecule has 0 amide bonds. The van der Waals surface area contributed by atoms with Crippen molar-refractivity contribution in [1.29, 1.82) is 0 Å². The molecule has 2 aromatic rings. The van der Waals surface area contributed by atoms with Gasteiger partial charge in [0.15, 0.2) is 0 Å². The Hall–Kier alpha value is -2.77. The van der Waals surface area contributed by atoms with Gasteiger partial charge in [-0.1, -0.05) is 36.4 Å². The Morgan fingerprint density at radius 2 is 1.15 bits per heavy atom. The fourth-order valence-electron chi connectivity index (χ4n) is 5.80. The van der Waals surface area contributed by atoms with Crippen LogP contribution in [0.5, 0.6) is 5.75 Å². The van der Waals surface area contributed by atoms with Crippen molar-refractivity contribution in [3.8, 4) is 5.75 Å². The Morgan fingerprint density at radius 3 is 1.62 bits per heavy atom. The van der Waals surface area contributed by atoms with Crippen LogP contribution in [0.2, 0.25) is 0 Å². The molecule has 0 unspecified atom stereocenters. The van der Waals surface area contributed by atoms with Crippen LogP contribution in [-0.4, -0.2) is 0 Å². The summed E-state index contributed by atoms with van der Waals surface area (Å²) >= 11 is 0. The first-order chi connectivity index (χ1) is 18.5. The molecule has 2 saturated carbocycles. The molecule has 8 heteroatoms. The first kappa shape index (κ1) is 29.2. The molecular formula is C31H33F7O. The zero-order valence-electron chi connectivity index (χ0n) is 21.8. The standard InChI is InChI=1S/C31H33F7O/c1-2-3-20-4-6-21(7-5-20)8-9-22-10-12-23(13-11-22)24-14-16-25(17-15-24)31(37,38)39-26-18-27(32)29(28(33)19-26)30(34,35)36/h2-3,8-9,14-23H,4-7,10-13H2,1H3/b3-2+,9-8+. The van der Waals surface area contributed by atoms with E-state index in [1.807, 2.05) is 0 Å². The SMILES string of the molecule is C/C=C/C1CCC(/C=C/C2CCC(c3ccc(C(F)(F)Oc4cc(F)c(C(F)(F)F)c(F)c4)cc3)CC2)CC1. The van der Waals surface area contributed by atoms with E-state index in [1.54, 1.807) is 12.1 Å². The van der Waals surface area contributed by atoms with Gasteiger partial charge in [-0.25, -0.2) is 8.78 Å². The molecule has 2 aliphatic rings. The van der Waals surface area contributed by atoms with E-state index in [2.05, 4.69) is 36.0 Å². The van der Waals surface area contributed by atoms with E-state index < -0.39 is 40.8 Å². The molecule has 39 heavy (non-hydrogen) atoms. The summed E-state index contributed by atoms with van der Waals surface area (Å²) in [4.78, 5) is 0. The van der Waals surface area contributed by atoms with E-state index in [9.17, 15) is 30.7 Å². The van der Waals surface area contributed by atoms with Crippen molar-refractivity contribution in [1.82, 2.24) is 0 Å². The maximum Gasteiger partial charge on any atom is 0.426 e. The number of halogens is 7. The van der Waals surface area contributed by atoms with E-state index in [0.29, 0.717) is 17.8 Å². The largest absolute Gasteiger partial charge is 0.429 e. The number of ether oxygens (including phenoxy) is 1. The summed E-state index contributed by atoms with van der Waals surface area (Å²) < 4.78 is 99.5. The summed E-state index contributed by atoms with van der Waals surface area (Å²) in [6.45, 7) is 2.07. The van der Waals surface area contributed by atoms with Gasteiger partial charge in [0.1, 0.15) is 22.9 Å². The lowest BCUT2D eigenvalue weighted by molar-refractivity contribution is -0.185. The van der Waals surface area contributed by atoms with Gasteiger partial charge in [-0.05, 0) is 99.7 Å². The zero-order chi connectivity index (χ0) is 28.2. The molecule has 0 bridgehead atoms. The molecule has 0 radical (unpaired) electrons. The molecule has 1 nitrogen and oxygen atoms in total. The van der Waals surface area contributed by atoms with Crippen molar-refractivity contribution >= 4 is 0 Å². The molecule has 0 heterocycles. The smallest absolute Gasteiger partial charge is 0.426 e. The Morgan fingerprint density at radius 1 is 0.692 bits per heavy atom. The van der Waals surface area contributed by atoms with Gasteiger partial charge >= 0.3 is 12.3 Å². The minimum atomic E-state index is -5.30. The molecule has 0 aromatic heterocycles. The molecule has 2 fully saturated rings. The van der Waals surface area contributed by atoms with Crippen molar-refractivity contribution in [2.45, 2.75) is 76.5 Å². The van der Waals surface area contributed by atoms with Crippen LogP contribution in [0, 0.1) is 29.4 Å². The van der Waals surface area contributed by atoms with Crippen molar-refractivity contribution in [3.63, 3.8) is 0 Å². The summed E-state index contributed by atoms with van der Waals surface area (Å²) in [5.41, 5.74) is -1.79. The molecule has 4 rings (SSSR count). The van der Waals surface area contributed by atoms with Crippen LogP contribution >= 0.6 is 0 Å². The highest BCUT2D eigenvalue weighted by atomic mass is 19.4. The predicted octanol–water partition coefficient (Wildman–Crippen LogP) is 10.3. The number of rotatable bonds is 7. The third-order valence-electron chi connectivity index (χ3n) is 7.97. The Labute approximate surface area is 224 Å². The van der Waals surface area contributed by atoms with Gasteiger partial charge in [-0.15, -0.1) is 0 Å². The first-order valence-corrected chi connectivity index (χ1v) is 13.5. The number of hydrogen-bond acceptors (Lipinski definition) is 1. The highest BCUT2D eigenvalue weighted by Gasteiger charge is 2.40. The second-order valence-electron chi connectivity index (χ2n) is 10.7. The van der Waals surface area contributed by atoms with Crippen LogP contribution in [-0.2, 0) is 12.3 Å². The van der Waals surface area contributed by atoms with E-state index in [0.717, 1.165) is 31.2 Å². The number of alkyl halides is 5. The quantitative estimate of drug-likeness (QED) is 0.244. The Kier molecular flexibility index (Phi) is 9.12. The third-order valence-corrected chi connectivity index (χ3v) is 7.97. The van der Waals surface area contributed by atoms with Crippen molar-refractivity contribution < 1.29 is 35.5 Å². The first-order valence-electron chi connectivity index (χ1n) is 13.5. The maximum absolute atomic E-state index is 14.7. The normalized spacial score (nSPS) is 24.9. The number of allylic oxidation sites excluding steroid dienone is 4. The number of benzene rings is 2. The minimum absolute atomic E-state index is 0.107. The average Bonchev–Trinajstić information content (AvgIpc) is 2.87. The summed E-state index contributed by atoms with van der Waals surface area (Å²) in [5.74, 6) is -2.95. The lowest BCUT2D eigenvalue weighted by atomic mass is 9.77. The minimum Gasteiger partial charge on any atom is -0.429 e. The summed E-state index contributed by atoms with van der Waals surface area (Å²) in [7, 11) is 0. The van der Waals surface area contributed by atoms with E-state index in [4.69, 9.17) is 0 Å². The molecule has 0 spiro atoms. The van der Waals surface area contributed by atoms with E-state index >= 15 is 0 Å². The fraction of sp³-hybridized carbons (Fsp3) is 0.484. The summed E-state index contributed by atoms with van der Waals surface area (Å²) in [5, 5.41) is 0. The highest BCUT2D eigenvalue weighted by Crippen LogP contribution is 2.40. The second kappa shape index (κ2) is 12.2. The van der Waals surface area contributed by atoms with Crippen LogP contribution in [0.1, 0.15) is 80.9 Å². The van der Waals surface area contributed by atoms with E-state index in [-0.39, 0.29) is 18.1 Å². The third kappa shape index (κ3) is 7.46. The van der Waals surface area contributed by atoms with Gasteiger partial charge in [0, 0.05) is 12.1 Å². The van der Waals surface area contributed by atoms with E-state index in [1.165, 1.54) is 37.8 Å². The van der Waals surface area contributed by atoms with Crippen molar-refractivity contribution in [2.75, 3.05) is 0 Å². The van der Waals surface area contributed by atoms with Gasteiger partial charge in [-0.3, -0.25) is 0 Å². The van der Waals surface area contributed by atoms with Crippen LogP contribution in [0.15, 0.2) is 60.7 Å². The Balaban J connectivity index is 1.31. The average molecular weight is 555 g/mol. The molecule has 2 aliphatic carbocycles. The monoisotopic (exact) mass is 554 g/mol. The molecule has 212 valence electrons. The molecule has 0 aliphatic heterocycles. The van der Waals surface area contributed by atoms with Crippen LogP contribution in [0.3, 0.4) is 0 Å². The molecule has 2 aromatic carbocycles. The van der Waals surface area contributed by atoms with Gasteiger partial charge in [0.2, 0.25) is 0 Å². The van der Waals surface area contributed by atoms with Gasteiger partial charge in [-0.2, -0.15) is 22.0 Å². The molecule has 0 atom stereocenters. The topological polar surface area (TPSA) is 9.23 Å². The molecule has 0 N–H and O–H groups in total. The van der Waals surface area contributed by atoms with Crippen LogP contribution in [0.25, 0.3) is 0 Å². The zero-order valence-corrected chi connectivity index (χ0v) is 21.8. The maximum atomic E-state index is 14.7.